The van der Waals surface area contributed by atoms with Crippen molar-refractivity contribution in [2.24, 2.45) is 0 Å². The van der Waals surface area contributed by atoms with Crippen molar-refractivity contribution in [2.45, 2.75) is 13.8 Å². The van der Waals surface area contributed by atoms with Crippen LogP contribution in [0.2, 0.25) is 0 Å². The van der Waals surface area contributed by atoms with E-state index in [-0.39, 0.29) is 11.7 Å². The van der Waals surface area contributed by atoms with Crippen LogP contribution in [0.15, 0.2) is 47.1 Å². The van der Waals surface area contributed by atoms with Crippen LogP contribution in [-0.4, -0.2) is 52.1 Å². The van der Waals surface area contributed by atoms with Gasteiger partial charge >= 0.3 is 0 Å². The van der Waals surface area contributed by atoms with Gasteiger partial charge in [0.1, 0.15) is 17.5 Å². The summed E-state index contributed by atoms with van der Waals surface area (Å²) >= 11 is 0. The number of nitrogens with one attached hydrogen (secondary N) is 1. The van der Waals surface area contributed by atoms with E-state index < -0.39 is 0 Å². The van der Waals surface area contributed by atoms with Gasteiger partial charge < -0.3 is 19.6 Å². The van der Waals surface area contributed by atoms with Crippen LogP contribution in [-0.2, 0) is 0 Å². The van der Waals surface area contributed by atoms with Crippen molar-refractivity contribution < 1.29 is 9.32 Å². The highest BCUT2D eigenvalue weighted by atomic mass is 16.5. The number of amides is 1. The summed E-state index contributed by atoms with van der Waals surface area (Å²) in [4.78, 5) is 25.4. The third-order valence-corrected chi connectivity index (χ3v) is 4.69. The average molecular weight is 378 g/mol. The van der Waals surface area contributed by atoms with E-state index >= 15 is 0 Å². The van der Waals surface area contributed by atoms with Gasteiger partial charge in [0.2, 0.25) is 5.76 Å². The summed E-state index contributed by atoms with van der Waals surface area (Å²) in [6, 6.07) is 11.7. The largest absolute Gasteiger partial charge is 0.353 e. The first-order valence-electron chi connectivity index (χ1n) is 9.23. The molecule has 2 aromatic heterocycles. The summed E-state index contributed by atoms with van der Waals surface area (Å²) in [5.41, 5.74) is 2.19. The Hall–Kier alpha value is -3.42. The van der Waals surface area contributed by atoms with Crippen molar-refractivity contribution >= 4 is 23.2 Å². The van der Waals surface area contributed by atoms with E-state index in [0.717, 1.165) is 17.3 Å². The molecule has 1 N–H and O–H groups in total. The number of carbonyl (C=O) groups is 1. The number of benzene rings is 1. The third kappa shape index (κ3) is 3.95. The molecule has 0 unspecified atom stereocenters. The van der Waals surface area contributed by atoms with Crippen LogP contribution in [0, 0.1) is 13.8 Å². The maximum absolute atomic E-state index is 12.4. The van der Waals surface area contributed by atoms with Gasteiger partial charge in [0, 0.05) is 44.0 Å². The second-order valence-electron chi connectivity index (χ2n) is 6.81. The molecule has 0 spiro atoms. The highest BCUT2D eigenvalue weighted by Crippen LogP contribution is 2.21. The highest BCUT2D eigenvalue weighted by molar-refractivity contribution is 5.91. The minimum absolute atomic E-state index is 0.127. The first-order valence-corrected chi connectivity index (χ1v) is 9.23. The molecule has 8 heteroatoms. The van der Waals surface area contributed by atoms with Gasteiger partial charge in [-0.1, -0.05) is 22.9 Å². The number of rotatable bonds is 4. The normalized spacial score (nSPS) is 14.2. The molecule has 0 saturated carbocycles. The summed E-state index contributed by atoms with van der Waals surface area (Å²) in [5.74, 6) is 2.46. The van der Waals surface area contributed by atoms with Crippen LogP contribution < -0.4 is 10.2 Å². The average Bonchev–Trinajstić information content (AvgIpc) is 3.24. The highest BCUT2D eigenvalue weighted by Gasteiger charge is 2.25. The molecule has 144 valence electrons. The van der Waals surface area contributed by atoms with Crippen LogP contribution in [0.5, 0.6) is 0 Å². The van der Waals surface area contributed by atoms with Crippen LogP contribution >= 0.6 is 0 Å². The van der Waals surface area contributed by atoms with Crippen LogP contribution in [0.25, 0.3) is 0 Å². The molecule has 8 nitrogen and oxygen atoms in total. The quantitative estimate of drug-likeness (QED) is 0.747. The Kier molecular flexibility index (Phi) is 4.92. The lowest BCUT2D eigenvalue weighted by molar-refractivity contribution is 0.0704. The zero-order valence-corrected chi connectivity index (χ0v) is 15.9. The number of carbonyl (C=O) groups excluding carboxylic acids is 1. The van der Waals surface area contributed by atoms with E-state index in [9.17, 15) is 4.79 Å². The number of anilines is 3. The zero-order chi connectivity index (χ0) is 19.5. The van der Waals surface area contributed by atoms with Crippen molar-refractivity contribution in [3.05, 3.63) is 59.7 Å². The second-order valence-corrected chi connectivity index (χ2v) is 6.81. The van der Waals surface area contributed by atoms with Gasteiger partial charge in [-0.25, -0.2) is 9.97 Å². The monoisotopic (exact) mass is 378 g/mol. The number of aryl methyl sites for hydroxylation is 2. The van der Waals surface area contributed by atoms with E-state index in [1.54, 1.807) is 11.0 Å². The molecule has 3 heterocycles. The first-order chi connectivity index (χ1) is 13.6. The van der Waals surface area contributed by atoms with Crippen LogP contribution in [0.3, 0.4) is 0 Å². The number of hydrogen-bond acceptors (Lipinski definition) is 7. The summed E-state index contributed by atoms with van der Waals surface area (Å²) < 4.78 is 4.97. The molecule has 1 fully saturated rings. The van der Waals surface area contributed by atoms with Gasteiger partial charge in [-0.3, -0.25) is 4.79 Å². The molecule has 0 atom stereocenters. The zero-order valence-electron chi connectivity index (χ0n) is 15.9. The smallest absolute Gasteiger partial charge is 0.292 e. The minimum atomic E-state index is -0.127. The predicted octanol–water partition coefficient (Wildman–Crippen LogP) is 2.79. The van der Waals surface area contributed by atoms with Gasteiger partial charge in [0.15, 0.2) is 0 Å². The molecular weight excluding hydrogens is 356 g/mol. The lowest BCUT2D eigenvalue weighted by Gasteiger charge is -2.35. The molecule has 4 rings (SSSR count). The van der Waals surface area contributed by atoms with Crippen molar-refractivity contribution in [3.63, 3.8) is 0 Å². The van der Waals surface area contributed by atoms with E-state index in [0.29, 0.717) is 32.0 Å². The Morgan fingerprint density at radius 2 is 1.79 bits per heavy atom. The van der Waals surface area contributed by atoms with Gasteiger partial charge in [0.25, 0.3) is 5.91 Å². The molecule has 3 aromatic rings. The van der Waals surface area contributed by atoms with E-state index in [1.165, 1.54) is 11.8 Å². The van der Waals surface area contributed by atoms with Gasteiger partial charge in [-0.15, -0.1) is 0 Å². The van der Waals surface area contributed by atoms with Crippen molar-refractivity contribution in [3.8, 4) is 0 Å². The molecule has 1 aliphatic rings. The SMILES string of the molecule is Cc1ccc(Nc2cc(N3CCN(C(=O)c4ccno4)CC3)nc(C)n2)cc1. The molecular formula is C20H22N6O2. The summed E-state index contributed by atoms with van der Waals surface area (Å²) in [6.07, 6.45) is 1.48. The molecule has 1 amide bonds. The minimum Gasteiger partial charge on any atom is -0.353 e. The van der Waals surface area contributed by atoms with Gasteiger partial charge in [-0.2, -0.15) is 0 Å². The van der Waals surface area contributed by atoms with Crippen molar-refractivity contribution in [1.29, 1.82) is 0 Å². The molecule has 1 aromatic carbocycles. The van der Waals surface area contributed by atoms with E-state index in [1.807, 2.05) is 25.1 Å². The Morgan fingerprint density at radius 3 is 2.46 bits per heavy atom. The first kappa shape index (κ1) is 18.0. The Bertz CT molecular complexity index is 947. The number of hydrogen-bond donors (Lipinski definition) is 1. The van der Waals surface area contributed by atoms with E-state index in [4.69, 9.17) is 4.52 Å². The Balaban J connectivity index is 1.44. The molecule has 1 aliphatic heterocycles. The second kappa shape index (κ2) is 7.67. The lowest BCUT2D eigenvalue weighted by Crippen LogP contribution is -2.49. The van der Waals surface area contributed by atoms with Crippen molar-refractivity contribution in [1.82, 2.24) is 20.0 Å². The summed E-state index contributed by atoms with van der Waals surface area (Å²) in [6.45, 7) is 6.53. The third-order valence-electron chi connectivity index (χ3n) is 4.69. The summed E-state index contributed by atoms with van der Waals surface area (Å²) in [7, 11) is 0. The number of piperazine rings is 1. The predicted molar refractivity (Wildman–Crippen MR) is 106 cm³/mol. The fourth-order valence-electron chi connectivity index (χ4n) is 3.18. The van der Waals surface area contributed by atoms with Gasteiger partial charge in [0.05, 0.1) is 6.20 Å². The summed E-state index contributed by atoms with van der Waals surface area (Å²) in [5, 5.41) is 6.94. The molecule has 0 radical (unpaired) electrons. The molecule has 0 bridgehead atoms. The Labute approximate surface area is 163 Å². The maximum atomic E-state index is 12.4. The number of aromatic nitrogens is 3. The lowest BCUT2D eigenvalue weighted by atomic mass is 10.2. The van der Waals surface area contributed by atoms with Crippen LogP contribution in [0.1, 0.15) is 21.9 Å². The fourth-order valence-corrected chi connectivity index (χ4v) is 3.18. The fraction of sp³-hybridized carbons (Fsp3) is 0.300. The van der Waals surface area contributed by atoms with Gasteiger partial charge in [-0.05, 0) is 26.0 Å². The molecule has 0 aliphatic carbocycles. The Morgan fingerprint density at radius 1 is 1.04 bits per heavy atom. The van der Waals surface area contributed by atoms with E-state index in [2.05, 4.69) is 44.4 Å². The number of nitrogens with zero attached hydrogens (tertiary/aromatic N) is 5. The molecule has 1 saturated heterocycles. The van der Waals surface area contributed by atoms with Crippen molar-refractivity contribution in [2.75, 3.05) is 36.4 Å². The van der Waals surface area contributed by atoms with Crippen LogP contribution in [0.4, 0.5) is 17.3 Å². The molecule has 28 heavy (non-hydrogen) atoms. The topological polar surface area (TPSA) is 87.4 Å². The maximum Gasteiger partial charge on any atom is 0.292 e. The standard InChI is InChI=1S/C20H22N6O2/c1-14-3-5-16(6-4-14)24-18-13-19(23-15(2)22-18)25-9-11-26(12-10-25)20(27)17-7-8-21-28-17/h3-8,13H,9-12H2,1-2H3,(H,22,23,24).